The molecule has 2 heterocycles. The van der Waals surface area contributed by atoms with Gasteiger partial charge in [-0.05, 0) is 41.1 Å². The van der Waals surface area contributed by atoms with Crippen molar-refractivity contribution in [1.29, 1.82) is 0 Å². The van der Waals surface area contributed by atoms with Crippen LogP contribution < -0.4 is 4.90 Å². The summed E-state index contributed by atoms with van der Waals surface area (Å²) >= 11 is 6.74. The molecule has 3 aromatic rings. The molecule has 0 radical (unpaired) electrons. The lowest BCUT2D eigenvalue weighted by Gasteiger charge is -2.15. The number of aromatic amines is 1. The predicted octanol–water partition coefficient (Wildman–Crippen LogP) is 4.57. The van der Waals surface area contributed by atoms with Gasteiger partial charge in [-0.1, -0.05) is 54.3 Å². The zero-order valence-electron chi connectivity index (χ0n) is 12.0. The number of anilines is 1. The maximum Gasteiger partial charge on any atom is 0.270 e. The monoisotopic (exact) mass is 336 g/mol. The lowest BCUT2D eigenvalue weighted by atomic mass is 10.1. The first-order valence-corrected chi connectivity index (χ1v) is 8.35. The van der Waals surface area contributed by atoms with Gasteiger partial charge in [0.25, 0.3) is 5.91 Å². The van der Waals surface area contributed by atoms with Crippen molar-refractivity contribution in [2.45, 2.75) is 0 Å². The van der Waals surface area contributed by atoms with E-state index in [2.05, 4.69) is 11.1 Å². The van der Waals surface area contributed by atoms with E-state index in [0.717, 1.165) is 22.2 Å². The Bertz CT molecular complexity index is 945. The molecule has 0 bridgehead atoms. The number of carbonyl (C=O) groups is 1. The van der Waals surface area contributed by atoms with Crippen LogP contribution in [0.25, 0.3) is 16.8 Å². The van der Waals surface area contributed by atoms with Crippen LogP contribution in [-0.2, 0) is 4.79 Å². The van der Waals surface area contributed by atoms with E-state index in [-0.39, 0.29) is 5.91 Å². The molecule has 2 aromatic carbocycles. The molecular weight excluding hydrogens is 324 g/mol. The second-order valence-corrected chi connectivity index (χ2v) is 6.85. The topological polar surface area (TPSA) is 36.1 Å². The van der Waals surface area contributed by atoms with Crippen LogP contribution in [0.4, 0.5) is 5.69 Å². The number of thioether (sulfide) groups is 1. The number of hydrogen-bond acceptors (Lipinski definition) is 3. The summed E-state index contributed by atoms with van der Waals surface area (Å²) in [5.74, 6) is -0.0788. The fourth-order valence-corrected chi connectivity index (χ4v) is 3.87. The zero-order valence-corrected chi connectivity index (χ0v) is 13.7. The first-order valence-electron chi connectivity index (χ1n) is 7.12. The van der Waals surface area contributed by atoms with Crippen LogP contribution in [0.3, 0.4) is 0 Å². The molecule has 1 N–H and O–H groups in total. The van der Waals surface area contributed by atoms with Gasteiger partial charge in [0.1, 0.15) is 0 Å². The summed E-state index contributed by atoms with van der Waals surface area (Å²) in [4.78, 5) is 18.0. The van der Waals surface area contributed by atoms with Crippen LogP contribution in [0.1, 0.15) is 5.69 Å². The summed E-state index contributed by atoms with van der Waals surface area (Å²) in [6.45, 7) is 0. The Balaban J connectivity index is 1.73. The van der Waals surface area contributed by atoms with Crippen molar-refractivity contribution in [2.75, 3.05) is 4.90 Å². The molecule has 1 saturated heterocycles. The van der Waals surface area contributed by atoms with Gasteiger partial charge in [-0.15, -0.1) is 0 Å². The molecule has 0 spiro atoms. The SMILES string of the molecule is O=C1C(=Cc2ccc[nH]2)SC(=S)N1c1ccc2ccccc2c1. The van der Waals surface area contributed by atoms with Crippen molar-refractivity contribution in [3.63, 3.8) is 0 Å². The van der Waals surface area contributed by atoms with Gasteiger partial charge in [-0.2, -0.15) is 0 Å². The Hall–Kier alpha value is -2.37. The molecule has 4 rings (SSSR count). The highest BCUT2D eigenvalue weighted by atomic mass is 32.2. The largest absolute Gasteiger partial charge is 0.362 e. The van der Waals surface area contributed by atoms with Gasteiger partial charge in [-0.3, -0.25) is 9.69 Å². The number of rotatable bonds is 2. The normalized spacial score (nSPS) is 16.7. The molecule has 1 aliphatic rings. The number of nitrogens with one attached hydrogen (secondary N) is 1. The van der Waals surface area contributed by atoms with Crippen LogP contribution >= 0.6 is 24.0 Å². The zero-order chi connectivity index (χ0) is 15.8. The van der Waals surface area contributed by atoms with Gasteiger partial charge in [-0.25, -0.2) is 0 Å². The molecule has 1 amide bonds. The number of fused-ring (bicyclic) bond motifs is 1. The maximum absolute atomic E-state index is 12.7. The van der Waals surface area contributed by atoms with Crippen molar-refractivity contribution in [2.24, 2.45) is 0 Å². The van der Waals surface area contributed by atoms with Crippen LogP contribution in [0.2, 0.25) is 0 Å². The molecule has 1 aliphatic heterocycles. The Morgan fingerprint density at radius 3 is 2.65 bits per heavy atom. The molecule has 0 saturated carbocycles. The third kappa shape index (κ3) is 2.58. The van der Waals surface area contributed by atoms with E-state index in [1.54, 1.807) is 4.90 Å². The second-order valence-electron chi connectivity index (χ2n) is 5.17. The molecule has 5 heteroatoms. The Morgan fingerprint density at radius 1 is 1.04 bits per heavy atom. The first kappa shape index (κ1) is 14.2. The summed E-state index contributed by atoms with van der Waals surface area (Å²) in [5, 5.41) is 2.23. The van der Waals surface area contributed by atoms with Gasteiger partial charge < -0.3 is 4.98 Å². The van der Waals surface area contributed by atoms with Gasteiger partial charge in [0.05, 0.1) is 10.6 Å². The minimum absolute atomic E-state index is 0.0788. The van der Waals surface area contributed by atoms with Crippen molar-refractivity contribution < 1.29 is 4.79 Å². The summed E-state index contributed by atoms with van der Waals surface area (Å²) in [7, 11) is 0. The van der Waals surface area contributed by atoms with Crippen LogP contribution in [-0.4, -0.2) is 15.2 Å². The lowest BCUT2D eigenvalue weighted by molar-refractivity contribution is -0.113. The summed E-state index contributed by atoms with van der Waals surface area (Å²) < 4.78 is 0.558. The van der Waals surface area contributed by atoms with Gasteiger partial charge in [0.15, 0.2) is 4.32 Å². The van der Waals surface area contributed by atoms with E-state index in [1.165, 1.54) is 11.8 Å². The number of amides is 1. The van der Waals surface area contributed by atoms with E-state index in [0.29, 0.717) is 9.23 Å². The summed E-state index contributed by atoms with van der Waals surface area (Å²) in [6, 6.07) is 17.8. The number of hydrogen-bond donors (Lipinski definition) is 1. The Labute approximate surface area is 143 Å². The average Bonchev–Trinajstić information content (AvgIpc) is 3.16. The second kappa shape index (κ2) is 5.68. The van der Waals surface area contributed by atoms with Crippen molar-refractivity contribution in [3.05, 3.63) is 71.4 Å². The third-order valence-electron chi connectivity index (χ3n) is 3.69. The third-order valence-corrected chi connectivity index (χ3v) is 5.00. The van der Waals surface area contributed by atoms with Crippen molar-refractivity contribution in [1.82, 2.24) is 4.98 Å². The number of thiocarbonyl (C=S) groups is 1. The first-order chi connectivity index (χ1) is 11.2. The quantitative estimate of drug-likeness (QED) is 0.550. The van der Waals surface area contributed by atoms with Gasteiger partial charge in [0, 0.05) is 11.9 Å². The van der Waals surface area contributed by atoms with Crippen LogP contribution in [0.15, 0.2) is 65.7 Å². The fourth-order valence-electron chi connectivity index (χ4n) is 2.58. The number of carbonyl (C=O) groups excluding carboxylic acids is 1. The summed E-state index contributed by atoms with van der Waals surface area (Å²) in [5.41, 5.74) is 1.70. The molecule has 0 unspecified atom stereocenters. The van der Waals surface area contributed by atoms with Gasteiger partial charge in [0.2, 0.25) is 0 Å². The minimum Gasteiger partial charge on any atom is -0.362 e. The minimum atomic E-state index is -0.0788. The standard InChI is InChI=1S/C18H12N2OS2/c21-17-16(11-14-6-3-9-19-14)23-18(22)20(17)15-8-7-12-4-1-2-5-13(12)10-15/h1-11,19H. The average molecular weight is 336 g/mol. The van der Waals surface area contributed by atoms with E-state index in [1.807, 2.05) is 60.8 Å². The highest BCUT2D eigenvalue weighted by molar-refractivity contribution is 8.27. The van der Waals surface area contributed by atoms with Crippen molar-refractivity contribution in [3.8, 4) is 0 Å². The number of H-pyrrole nitrogens is 1. The molecule has 112 valence electrons. The molecule has 1 aromatic heterocycles. The predicted molar refractivity (Wildman–Crippen MR) is 100 cm³/mol. The number of nitrogens with zero attached hydrogens (tertiary/aromatic N) is 1. The lowest BCUT2D eigenvalue weighted by Crippen LogP contribution is -2.27. The summed E-state index contributed by atoms with van der Waals surface area (Å²) in [6.07, 6.45) is 3.66. The molecule has 0 aliphatic carbocycles. The molecular formula is C18H12N2OS2. The Kier molecular flexibility index (Phi) is 3.52. The van der Waals surface area contributed by atoms with E-state index in [9.17, 15) is 4.79 Å². The van der Waals surface area contributed by atoms with E-state index < -0.39 is 0 Å². The molecule has 3 nitrogen and oxygen atoms in total. The highest BCUT2D eigenvalue weighted by Crippen LogP contribution is 2.36. The van der Waals surface area contributed by atoms with Gasteiger partial charge >= 0.3 is 0 Å². The molecule has 1 fully saturated rings. The maximum atomic E-state index is 12.7. The highest BCUT2D eigenvalue weighted by Gasteiger charge is 2.33. The van der Waals surface area contributed by atoms with Crippen LogP contribution in [0, 0.1) is 0 Å². The number of aromatic nitrogens is 1. The Morgan fingerprint density at radius 2 is 1.87 bits per heavy atom. The fraction of sp³-hybridized carbons (Fsp3) is 0. The van der Waals surface area contributed by atoms with E-state index >= 15 is 0 Å². The van der Waals surface area contributed by atoms with Crippen molar-refractivity contribution >= 4 is 56.7 Å². The van der Waals surface area contributed by atoms with E-state index in [4.69, 9.17) is 12.2 Å². The number of benzene rings is 2. The smallest absolute Gasteiger partial charge is 0.270 e. The molecule has 0 atom stereocenters. The van der Waals surface area contributed by atoms with Crippen LogP contribution in [0.5, 0.6) is 0 Å². The molecule has 23 heavy (non-hydrogen) atoms.